The van der Waals surface area contributed by atoms with Crippen LogP contribution < -0.4 is 4.72 Å². The van der Waals surface area contributed by atoms with Gasteiger partial charge in [-0.15, -0.1) is 0 Å². The average Bonchev–Trinajstić information content (AvgIpc) is 2.41. The molecule has 8 heteroatoms. The summed E-state index contributed by atoms with van der Waals surface area (Å²) in [5, 5.41) is 0. The second-order valence-corrected chi connectivity index (χ2v) is 10.8. The third kappa shape index (κ3) is 5.84. The highest BCUT2D eigenvalue weighted by molar-refractivity contribution is 7.89. The van der Waals surface area contributed by atoms with Crippen LogP contribution in [-0.2, 0) is 20.0 Å². The van der Waals surface area contributed by atoms with Crippen molar-refractivity contribution in [1.29, 1.82) is 0 Å². The molecule has 0 radical (unpaired) electrons. The second-order valence-electron chi connectivity index (χ2n) is 7.13. The van der Waals surface area contributed by atoms with Gasteiger partial charge in [0.25, 0.3) is 0 Å². The van der Waals surface area contributed by atoms with E-state index in [2.05, 4.69) is 4.72 Å². The fourth-order valence-corrected chi connectivity index (χ4v) is 4.83. The Morgan fingerprint density at radius 2 is 1.54 bits per heavy atom. The van der Waals surface area contributed by atoms with E-state index in [9.17, 15) is 16.8 Å². The highest BCUT2D eigenvalue weighted by Gasteiger charge is 2.29. The number of nitrogens with zero attached hydrogens (tertiary/aromatic N) is 1. The first-order chi connectivity index (χ1) is 10.7. The molecule has 0 saturated heterocycles. The van der Waals surface area contributed by atoms with Gasteiger partial charge in [-0.2, -0.15) is 4.31 Å². The van der Waals surface area contributed by atoms with Crippen LogP contribution in [0.3, 0.4) is 0 Å². The van der Waals surface area contributed by atoms with E-state index in [4.69, 9.17) is 0 Å². The molecule has 0 aliphatic heterocycles. The lowest BCUT2D eigenvalue weighted by atomic mass is 10.0. The molecule has 0 atom stereocenters. The third-order valence-electron chi connectivity index (χ3n) is 3.61. The van der Waals surface area contributed by atoms with Gasteiger partial charge in [-0.25, -0.2) is 21.6 Å². The molecule has 0 fully saturated rings. The molecule has 0 amide bonds. The summed E-state index contributed by atoms with van der Waals surface area (Å²) < 4.78 is 52.1. The summed E-state index contributed by atoms with van der Waals surface area (Å²) in [4.78, 5) is 0.175. The van der Waals surface area contributed by atoms with Crippen molar-refractivity contribution < 1.29 is 16.8 Å². The second kappa shape index (κ2) is 7.51. The average molecular weight is 377 g/mol. The van der Waals surface area contributed by atoms with Crippen LogP contribution in [0.2, 0.25) is 0 Å². The predicted molar refractivity (Wildman–Crippen MR) is 97.0 cm³/mol. The molecule has 6 nitrogen and oxygen atoms in total. The predicted octanol–water partition coefficient (Wildman–Crippen LogP) is 2.15. The summed E-state index contributed by atoms with van der Waals surface area (Å²) in [6.07, 6.45) is 1.12. The lowest BCUT2D eigenvalue weighted by Gasteiger charge is -2.33. The molecule has 1 rings (SSSR count). The van der Waals surface area contributed by atoms with E-state index in [1.54, 1.807) is 45.0 Å². The first-order valence-corrected chi connectivity index (χ1v) is 11.2. The SMILES string of the molecule is CC(C)c1ccc(S(=O)(=O)NCCN(C(C)(C)C)S(C)(=O)=O)cc1. The van der Waals surface area contributed by atoms with E-state index in [1.807, 2.05) is 13.8 Å². The van der Waals surface area contributed by atoms with Crippen molar-refractivity contribution in [2.24, 2.45) is 0 Å². The summed E-state index contributed by atoms with van der Waals surface area (Å²) in [5.74, 6) is 0.324. The van der Waals surface area contributed by atoms with Gasteiger partial charge in [0.1, 0.15) is 0 Å². The van der Waals surface area contributed by atoms with Gasteiger partial charge in [0.15, 0.2) is 0 Å². The van der Waals surface area contributed by atoms with E-state index < -0.39 is 25.6 Å². The van der Waals surface area contributed by atoms with Gasteiger partial charge in [0.05, 0.1) is 11.2 Å². The van der Waals surface area contributed by atoms with Crippen LogP contribution in [0, 0.1) is 0 Å². The fraction of sp³-hybridized carbons (Fsp3) is 0.625. The van der Waals surface area contributed by atoms with Gasteiger partial charge < -0.3 is 0 Å². The van der Waals surface area contributed by atoms with Crippen molar-refractivity contribution in [3.63, 3.8) is 0 Å². The van der Waals surface area contributed by atoms with Crippen molar-refractivity contribution in [1.82, 2.24) is 9.03 Å². The molecule has 0 aliphatic rings. The fourth-order valence-electron chi connectivity index (χ4n) is 2.40. The molecule has 1 aromatic rings. The molecule has 138 valence electrons. The Morgan fingerprint density at radius 1 is 1.04 bits per heavy atom. The Labute approximate surface area is 146 Å². The molecule has 0 saturated carbocycles. The summed E-state index contributed by atoms with van der Waals surface area (Å²) in [6.45, 7) is 9.47. The maximum atomic E-state index is 12.3. The van der Waals surface area contributed by atoms with Crippen molar-refractivity contribution in [2.45, 2.75) is 51.0 Å². The Kier molecular flexibility index (Phi) is 6.60. The third-order valence-corrected chi connectivity index (χ3v) is 6.62. The van der Waals surface area contributed by atoms with Gasteiger partial charge in [0, 0.05) is 18.6 Å². The highest BCUT2D eigenvalue weighted by atomic mass is 32.2. The topological polar surface area (TPSA) is 83.6 Å². The van der Waals surface area contributed by atoms with Gasteiger partial charge in [-0.3, -0.25) is 0 Å². The number of rotatable bonds is 7. The highest BCUT2D eigenvalue weighted by Crippen LogP contribution is 2.18. The molecule has 0 spiro atoms. The van der Waals surface area contributed by atoms with E-state index >= 15 is 0 Å². The smallest absolute Gasteiger partial charge is 0.212 e. The van der Waals surface area contributed by atoms with Crippen LogP contribution in [-0.4, -0.2) is 46.0 Å². The van der Waals surface area contributed by atoms with Crippen LogP contribution in [0.5, 0.6) is 0 Å². The van der Waals surface area contributed by atoms with E-state index in [0.29, 0.717) is 5.92 Å². The Hall–Kier alpha value is -0.960. The molecule has 0 bridgehead atoms. The maximum absolute atomic E-state index is 12.3. The molecule has 0 unspecified atom stereocenters. The zero-order valence-corrected chi connectivity index (χ0v) is 16.8. The van der Waals surface area contributed by atoms with E-state index in [-0.39, 0.29) is 18.0 Å². The van der Waals surface area contributed by atoms with Crippen LogP contribution in [0.25, 0.3) is 0 Å². The Balaban J connectivity index is 2.81. The van der Waals surface area contributed by atoms with Gasteiger partial charge >= 0.3 is 0 Å². The van der Waals surface area contributed by atoms with Gasteiger partial charge in [0.2, 0.25) is 20.0 Å². The number of benzene rings is 1. The number of hydrogen-bond acceptors (Lipinski definition) is 4. The standard InChI is InChI=1S/C16H28N2O4S2/c1-13(2)14-7-9-15(10-8-14)24(21,22)17-11-12-18(16(3,4)5)23(6,19)20/h7-10,13,17H,11-12H2,1-6H3. The summed E-state index contributed by atoms with van der Waals surface area (Å²) in [6, 6.07) is 6.71. The lowest BCUT2D eigenvalue weighted by molar-refractivity contribution is 0.254. The van der Waals surface area contributed by atoms with E-state index in [1.165, 1.54) is 4.31 Å². The summed E-state index contributed by atoms with van der Waals surface area (Å²) >= 11 is 0. The lowest BCUT2D eigenvalue weighted by Crippen LogP contribution is -2.48. The Morgan fingerprint density at radius 3 is 1.92 bits per heavy atom. The maximum Gasteiger partial charge on any atom is 0.240 e. The van der Waals surface area contributed by atoms with Crippen LogP contribution >= 0.6 is 0 Å². The minimum absolute atomic E-state index is 0.0125. The molecule has 0 aromatic heterocycles. The quantitative estimate of drug-likeness (QED) is 0.790. The minimum Gasteiger partial charge on any atom is -0.212 e. The normalized spacial score (nSPS) is 13.7. The van der Waals surface area contributed by atoms with Crippen LogP contribution in [0.1, 0.15) is 46.1 Å². The first kappa shape index (κ1) is 21.1. The molecular formula is C16H28N2O4S2. The first-order valence-electron chi connectivity index (χ1n) is 7.82. The van der Waals surface area contributed by atoms with Crippen molar-refractivity contribution >= 4 is 20.0 Å². The summed E-state index contributed by atoms with van der Waals surface area (Å²) in [7, 11) is -7.08. The van der Waals surface area contributed by atoms with Crippen molar-refractivity contribution in [2.75, 3.05) is 19.3 Å². The zero-order chi connectivity index (χ0) is 18.8. The molecule has 0 aliphatic carbocycles. The van der Waals surface area contributed by atoms with Crippen molar-refractivity contribution in [3.05, 3.63) is 29.8 Å². The van der Waals surface area contributed by atoms with Gasteiger partial charge in [-0.1, -0.05) is 26.0 Å². The molecule has 1 N–H and O–H groups in total. The molecule has 0 heterocycles. The molecular weight excluding hydrogens is 348 g/mol. The van der Waals surface area contributed by atoms with Crippen LogP contribution in [0.15, 0.2) is 29.2 Å². The Bertz CT molecular complexity index is 746. The van der Waals surface area contributed by atoms with Gasteiger partial charge in [-0.05, 0) is 44.4 Å². The van der Waals surface area contributed by atoms with Crippen LogP contribution in [0.4, 0.5) is 0 Å². The number of nitrogens with one attached hydrogen (secondary N) is 1. The number of sulfonamides is 2. The number of hydrogen-bond donors (Lipinski definition) is 1. The largest absolute Gasteiger partial charge is 0.240 e. The molecule has 24 heavy (non-hydrogen) atoms. The zero-order valence-electron chi connectivity index (χ0n) is 15.2. The minimum atomic E-state index is -3.66. The van der Waals surface area contributed by atoms with Crippen molar-refractivity contribution in [3.8, 4) is 0 Å². The molecule has 1 aromatic carbocycles. The summed E-state index contributed by atoms with van der Waals surface area (Å²) in [5.41, 5.74) is 0.447. The monoisotopic (exact) mass is 376 g/mol. The van der Waals surface area contributed by atoms with E-state index in [0.717, 1.165) is 11.8 Å².